The lowest BCUT2D eigenvalue weighted by Gasteiger charge is -2.24. The molecule has 0 heterocycles. The second-order valence-electron chi connectivity index (χ2n) is 8.14. The van der Waals surface area contributed by atoms with Crippen LogP contribution in [0.4, 0.5) is 5.69 Å². The summed E-state index contributed by atoms with van der Waals surface area (Å²) >= 11 is 1.87. The molecule has 0 saturated heterocycles. The highest BCUT2D eigenvalue weighted by Crippen LogP contribution is 2.35. The van der Waals surface area contributed by atoms with E-state index >= 15 is 0 Å². The Kier molecular flexibility index (Phi) is 8.15. The van der Waals surface area contributed by atoms with Crippen LogP contribution in [0.3, 0.4) is 0 Å². The van der Waals surface area contributed by atoms with E-state index in [0.29, 0.717) is 5.75 Å². The molecule has 2 aromatic rings. The number of esters is 1. The molecule has 2 aromatic carbocycles. The Morgan fingerprint density at radius 1 is 1.07 bits per heavy atom. The fourth-order valence-corrected chi connectivity index (χ4v) is 7.57. The van der Waals surface area contributed by atoms with Crippen LogP contribution >= 0.6 is 11.8 Å². The standard InChI is InChI=1S/C23H31NO4SSi/c1-15-13-20(28-22(27)12-11-21(25)26)16(2)17(3)23(15)29-14-30(5,6)19-9-7-18(24-4)8-10-19/h7-10,13,24H,11-12,14H2,1-6H3,(H,25,26). The summed E-state index contributed by atoms with van der Waals surface area (Å²) in [7, 11) is 0.297. The minimum atomic E-state index is -1.63. The van der Waals surface area contributed by atoms with Crippen LogP contribution in [0.1, 0.15) is 29.5 Å². The molecule has 0 atom stereocenters. The number of rotatable bonds is 9. The van der Waals surface area contributed by atoms with E-state index in [2.05, 4.69) is 49.6 Å². The molecule has 0 spiro atoms. The highest BCUT2D eigenvalue weighted by atomic mass is 32.2. The zero-order valence-corrected chi connectivity index (χ0v) is 20.4. The summed E-state index contributed by atoms with van der Waals surface area (Å²) < 4.78 is 5.44. The first-order valence-corrected chi connectivity index (χ1v) is 14.2. The van der Waals surface area contributed by atoms with E-state index in [0.717, 1.165) is 27.8 Å². The van der Waals surface area contributed by atoms with Crippen LogP contribution in [-0.4, -0.2) is 37.5 Å². The van der Waals surface area contributed by atoms with Crippen LogP contribution < -0.4 is 15.2 Å². The lowest BCUT2D eigenvalue weighted by Crippen LogP contribution is -2.44. The number of nitrogens with one attached hydrogen (secondary N) is 1. The highest BCUT2D eigenvalue weighted by Gasteiger charge is 2.25. The van der Waals surface area contributed by atoms with Gasteiger partial charge in [0.1, 0.15) is 5.75 Å². The number of carboxylic acids is 1. The molecule has 5 nitrogen and oxygen atoms in total. The normalized spacial score (nSPS) is 11.3. The van der Waals surface area contributed by atoms with Crippen molar-refractivity contribution in [3.05, 3.63) is 47.0 Å². The van der Waals surface area contributed by atoms with Gasteiger partial charge in [0.15, 0.2) is 0 Å². The van der Waals surface area contributed by atoms with Crippen molar-refractivity contribution in [2.24, 2.45) is 0 Å². The van der Waals surface area contributed by atoms with Gasteiger partial charge in [-0.3, -0.25) is 9.59 Å². The Labute approximate surface area is 184 Å². The Bertz CT molecular complexity index is 926. The summed E-state index contributed by atoms with van der Waals surface area (Å²) in [6.45, 7) is 10.8. The number of aryl methyl sites for hydroxylation is 1. The van der Waals surface area contributed by atoms with Crippen LogP contribution in [0.5, 0.6) is 5.75 Å². The summed E-state index contributed by atoms with van der Waals surface area (Å²) in [6, 6.07) is 10.6. The van der Waals surface area contributed by atoms with Crippen LogP contribution in [-0.2, 0) is 9.59 Å². The molecule has 0 radical (unpaired) electrons. The predicted molar refractivity (Wildman–Crippen MR) is 127 cm³/mol. The fourth-order valence-electron chi connectivity index (χ4n) is 3.16. The number of benzene rings is 2. The number of aliphatic carboxylic acids is 1. The number of thioether (sulfide) groups is 1. The van der Waals surface area contributed by atoms with Crippen molar-refractivity contribution in [1.29, 1.82) is 0 Å². The molecule has 0 aliphatic rings. The van der Waals surface area contributed by atoms with Gasteiger partial charge in [-0.15, -0.1) is 11.8 Å². The third-order valence-corrected chi connectivity index (χ3v) is 11.6. The molecule has 162 valence electrons. The molecule has 0 aliphatic heterocycles. The van der Waals surface area contributed by atoms with Crippen LogP contribution in [0, 0.1) is 20.8 Å². The fraction of sp³-hybridized carbons (Fsp3) is 0.391. The number of carboxylic acid groups (broad SMARTS) is 1. The van der Waals surface area contributed by atoms with Gasteiger partial charge >= 0.3 is 11.9 Å². The SMILES string of the molecule is CNc1ccc([Si](C)(C)CSc2c(C)cc(OC(=O)CCC(=O)O)c(C)c2C)cc1. The second kappa shape index (κ2) is 10.2. The molecule has 7 heteroatoms. The van der Waals surface area contributed by atoms with Gasteiger partial charge in [-0.2, -0.15) is 0 Å². The molecule has 0 bridgehead atoms. The Morgan fingerprint density at radius 3 is 2.27 bits per heavy atom. The zero-order valence-electron chi connectivity index (χ0n) is 18.6. The average molecular weight is 446 g/mol. The molecule has 0 saturated carbocycles. The smallest absolute Gasteiger partial charge is 0.311 e. The van der Waals surface area contributed by atoms with Gasteiger partial charge in [-0.05, 0) is 61.0 Å². The van der Waals surface area contributed by atoms with Gasteiger partial charge in [0.25, 0.3) is 0 Å². The maximum absolute atomic E-state index is 11.9. The zero-order chi connectivity index (χ0) is 22.5. The molecular formula is C23H31NO4SSi. The summed E-state index contributed by atoms with van der Waals surface area (Å²) in [6.07, 6.45) is -0.353. The van der Waals surface area contributed by atoms with Gasteiger partial charge in [0, 0.05) is 17.6 Å². The third kappa shape index (κ3) is 6.12. The van der Waals surface area contributed by atoms with Crippen LogP contribution in [0.2, 0.25) is 13.1 Å². The van der Waals surface area contributed by atoms with E-state index in [1.165, 1.54) is 10.1 Å². The van der Waals surface area contributed by atoms with Gasteiger partial charge in [-0.25, -0.2) is 0 Å². The first kappa shape index (κ1) is 24.0. The molecule has 0 aromatic heterocycles. The van der Waals surface area contributed by atoms with E-state index in [1.807, 2.05) is 38.7 Å². The topological polar surface area (TPSA) is 75.6 Å². The summed E-state index contributed by atoms with van der Waals surface area (Å²) in [5, 5.41) is 14.4. The molecule has 0 amide bonds. The monoisotopic (exact) mass is 445 g/mol. The number of ether oxygens (including phenoxy) is 1. The number of carbonyl (C=O) groups is 2. The lowest BCUT2D eigenvalue weighted by molar-refractivity contribution is -0.142. The highest BCUT2D eigenvalue weighted by molar-refractivity contribution is 8.01. The van der Waals surface area contributed by atoms with E-state index in [-0.39, 0.29) is 12.8 Å². The quantitative estimate of drug-likeness (QED) is 0.253. The Morgan fingerprint density at radius 2 is 1.70 bits per heavy atom. The number of hydrogen-bond donors (Lipinski definition) is 2. The predicted octanol–water partition coefficient (Wildman–Crippen LogP) is 4.67. The van der Waals surface area contributed by atoms with E-state index in [9.17, 15) is 9.59 Å². The molecule has 0 aliphatic carbocycles. The van der Waals surface area contributed by atoms with Crippen LogP contribution in [0.15, 0.2) is 35.2 Å². The maximum atomic E-state index is 11.9. The van der Waals surface area contributed by atoms with E-state index in [4.69, 9.17) is 9.84 Å². The van der Waals surface area contributed by atoms with Crippen molar-refractivity contribution in [1.82, 2.24) is 0 Å². The number of hydrogen-bond acceptors (Lipinski definition) is 5. The van der Waals surface area contributed by atoms with E-state index < -0.39 is 20.0 Å². The molecular weight excluding hydrogens is 414 g/mol. The minimum absolute atomic E-state index is 0.129. The Balaban J connectivity index is 2.15. The van der Waals surface area contributed by atoms with Gasteiger partial charge in [-0.1, -0.05) is 30.4 Å². The average Bonchev–Trinajstić information content (AvgIpc) is 2.70. The van der Waals surface area contributed by atoms with Crippen molar-refractivity contribution in [2.75, 3.05) is 17.7 Å². The van der Waals surface area contributed by atoms with Gasteiger partial charge < -0.3 is 15.2 Å². The summed E-state index contributed by atoms with van der Waals surface area (Å²) in [4.78, 5) is 23.8. The maximum Gasteiger partial charge on any atom is 0.311 e. The van der Waals surface area contributed by atoms with Crippen molar-refractivity contribution in [2.45, 2.75) is 51.6 Å². The first-order valence-electron chi connectivity index (χ1n) is 9.99. The molecule has 0 unspecified atom stereocenters. The van der Waals surface area contributed by atoms with Crippen molar-refractivity contribution in [3.8, 4) is 5.75 Å². The largest absolute Gasteiger partial charge is 0.481 e. The van der Waals surface area contributed by atoms with Crippen molar-refractivity contribution < 1.29 is 19.4 Å². The molecule has 30 heavy (non-hydrogen) atoms. The number of carbonyl (C=O) groups excluding carboxylic acids is 1. The molecule has 0 fully saturated rings. The first-order chi connectivity index (χ1) is 14.0. The van der Waals surface area contributed by atoms with Gasteiger partial charge in [0.05, 0.1) is 20.9 Å². The number of anilines is 1. The lowest BCUT2D eigenvalue weighted by atomic mass is 10.1. The van der Waals surface area contributed by atoms with Crippen molar-refractivity contribution >= 4 is 42.6 Å². The van der Waals surface area contributed by atoms with Gasteiger partial charge in [0.2, 0.25) is 0 Å². The van der Waals surface area contributed by atoms with Crippen molar-refractivity contribution in [3.63, 3.8) is 0 Å². The van der Waals surface area contributed by atoms with Crippen LogP contribution in [0.25, 0.3) is 0 Å². The summed E-state index contributed by atoms with van der Waals surface area (Å²) in [5.41, 5.74) is 4.22. The summed E-state index contributed by atoms with van der Waals surface area (Å²) in [5.74, 6) is -1.00. The second-order valence-corrected chi connectivity index (χ2v) is 14.3. The van der Waals surface area contributed by atoms with E-state index in [1.54, 1.807) is 0 Å². The third-order valence-electron chi connectivity index (χ3n) is 5.28. The molecule has 2 N–H and O–H groups in total. The Hall–Kier alpha value is -2.25. The molecule has 2 rings (SSSR count). The minimum Gasteiger partial charge on any atom is -0.481 e.